The number of likely N-dealkylation sites (tertiary alicyclic amines) is 1. The molecule has 0 amide bonds. The first-order valence-corrected chi connectivity index (χ1v) is 6.39. The molecule has 1 saturated heterocycles. The van der Waals surface area contributed by atoms with E-state index in [4.69, 9.17) is 0 Å². The zero-order chi connectivity index (χ0) is 13.1. The fraction of sp³-hybridized carbons (Fsp3) is 0.571. The molecule has 1 aliphatic rings. The molecule has 100 valence electrons. The largest absolute Gasteiger partial charge is 0.391 e. The van der Waals surface area contributed by atoms with Crippen molar-refractivity contribution in [3.05, 3.63) is 29.6 Å². The quantitative estimate of drug-likeness (QED) is 0.883. The molecule has 0 bridgehead atoms. The van der Waals surface area contributed by atoms with Crippen molar-refractivity contribution >= 4 is 5.69 Å². The summed E-state index contributed by atoms with van der Waals surface area (Å²) >= 11 is 0. The van der Waals surface area contributed by atoms with Crippen LogP contribution >= 0.6 is 0 Å². The third-order valence-electron chi connectivity index (χ3n) is 3.68. The maximum absolute atomic E-state index is 13.6. The van der Waals surface area contributed by atoms with Crippen molar-refractivity contribution in [1.29, 1.82) is 0 Å². The lowest BCUT2D eigenvalue weighted by Gasteiger charge is -2.25. The van der Waals surface area contributed by atoms with Crippen molar-refractivity contribution in [2.45, 2.75) is 13.0 Å². The fourth-order valence-electron chi connectivity index (χ4n) is 2.72. The van der Waals surface area contributed by atoms with Crippen LogP contribution in [0.2, 0.25) is 0 Å². The highest BCUT2D eigenvalue weighted by molar-refractivity contribution is 5.53. The van der Waals surface area contributed by atoms with Gasteiger partial charge in [0.1, 0.15) is 5.82 Å². The van der Waals surface area contributed by atoms with Gasteiger partial charge in [0.05, 0.1) is 6.61 Å². The fourth-order valence-corrected chi connectivity index (χ4v) is 2.72. The number of benzene rings is 1. The highest BCUT2D eigenvalue weighted by atomic mass is 19.1. The van der Waals surface area contributed by atoms with Crippen molar-refractivity contribution in [2.24, 2.45) is 5.92 Å². The normalized spacial score (nSPS) is 20.3. The molecule has 2 rings (SSSR count). The summed E-state index contributed by atoms with van der Waals surface area (Å²) in [6.45, 7) is 2.88. The molecule has 0 spiro atoms. The first kappa shape index (κ1) is 13.3. The number of rotatable bonds is 4. The molecule has 0 radical (unpaired) electrons. The van der Waals surface area contributed by atoms with E-state index in [1.807, 2.05) is 13.1 Å². The monoisotopic (exact) mass is 252 g/mol. The SMILES string of the molecule is CN1CCC(CN(C)c2cccc(F)c2CO)C1. The van der Waals surface area contributed by atoms with Gasteiger partial charge in [-0.25, -0.2) is 4.39 Å². The number of hydrogen-bond donors (Lipinski definition) is 1. The highest BCUT2D eigenvalue weighted by Crippen LogP contribution is 2.25. The Morgan fingerprint density at radius 3 is 2.89 bits per heavy atom. The third-order valence-corrected chi connectivity index (χ3v) is 3.68. The van der Waals surface area contributed by atoms with Crippen LogP contribution in [-0.2, 0) is 6.61 Å². The Morgan fingerprint density at radius 1 is 1.50 bits per heavy atom. The van der Waals surface area contributed by atoms with Gasteiger partial charge in [0.15, 0.2) is 0 Å². The van der Waals surface area contributed by atoms with Gasteiger partial charge < -0.3 is 14.9 Å². The van der Waals surface area contributed by atoms with E-state index in [-0.39, 0.29) is 12.4 Å². The maximum Gasteiger partial charge on any atom is 0.130 e. The number of aliphatic hydroxyl groups is 1. The van der Waals surface area contributed by atoms with E-state index in [2.05, 4.69) is 16.8 Å². The lowest BCUT2D eigenvalue weighted by atomic mass is 10.1. The van der Waals surface area contributed by atoms with Gasteiger partial charge in [-0.2, -0.15) is 0 Å². The zero-order valence-corrected chi connectivity index (χ0v) is 11.1. The van der Waals surface area contributed by atoms with Gasteiger partial charge in [0.25, 0.3) is 0 Å². The van der Waals surface area contributed by atoms with Crippen LogP contribution in [0.5, 0.6) is 0 Å². The van der Waals surface area contributed by atoms with Crippen molar-refractivity contribution in [3.63, 3.8) is 0 Å². The molecule has 1 aromatic rings. The summed E-state index contributed by atoms with van der Waals surface area (Å²) in [5, 5.41) is 9.28. The van der Waals surface area contributed by atoms with E-state index in [1.54, 1.807) is 6.07 Å². The standard InChI is InChI=1S/C14H21FN2O/c1-16-7-6-11(8-16)9-17(2)14-5-3-4-13(15)12(14)10-18/h3-5,11,18H,6-10H2,1-2H3. The molecule has 1 heterocycles. The van der Waals surface area contributed by atoms with Gasteiger partial charge in [0, 0.05) is 31.4 Å². The topological polar surface area (TPSA) is 26.7 Å². The van der Waals surface area contributed by atoms with E-state index >= 15 is 0 Å². The van der Waals surface area contributed by atoms with Crippen LogP contribution in [0.25, 0.3) is 0 Å². The minimum absolute atomic E-state index is 0.253. The lowest BCUT2D eigenvalue weighted by molar-refractivity contribution is 0.276. The van der Waals surface area contributed by atoms with Gasteiger partial charge in [-0.3, -0.25) is 0 Å². The van der Waals surface area contributed by atoms with Crippen LogP contribution in [0, 0.1) is 11.7 Å². The summed E-state index contributed by atoms with van der Waals surface area (Å²) in [5.74, 6) is 0.292. The van der Waals surface area contributed by atoms with Crippen LogP contribution in [0.15, 0.2) is 18.2 Å². The van der Waals surface area contributed by atoms with Crippen molar-refractivity contribution in [3.8, 4) is 0 Å². The first-order valence-electron chi connectivity index (χ1n) is 6.39. The average molecular weight is 252 g/mol. The Labute approximate surface area is 108 Å². The van der Waals surface area contributed by atoms with Crippen molar-refractivity contribution in [1.82, 2.24) is 4.90 Å². The predicted molar refractivity (Wildman–Crippen MR) is 71.2 cm³/mol. The van der Waals surface area contributed by atoms with Gasteiger partial charge in [-0.1, -0.05) is 6.07 Å². The Kier molecular flexibility index (Phi) is 4.19. The van der Waals surface area contributed by atoms with E-state index in [0.29, 0.717) is 11.5 Å². The molecule has 1 unspecified atom stereocenters. The number of hydrogen-bond acceptors (Lipinski definition) is 3. The molecule has 4 heteroatoms. The predicted octanol–water partition coefficient (Wildman–Crippen LogP) is 1.71. The molecule has 0 aliphatic carbocycles. The van der Waals surface area contributed by atoms with Crippen LogP contribution in [0.1, 0.15) is 12.0 Å². The first-order chi connectivity index (χ1) is 8.61. The molecule has 1 aromatic carbocycles. The zero-order valence-electron chi connectivity index (χ0n) is 11.1. The molecule has 1 atom stereocenters. The third kappa shape index (κ3) is 2.82. The Balaban J connectivity index is 2.08. The molecular weight excluding hydrogens is 231 g/mol. The van der Waals surface area contributed by atoms with Gasteiger partial charge in [0.2, 0.25) is 0 Å². The maximum atomic E-state index is 13.6. The van der Waals surface area contributed by atoms with E-state index < -0.39 is 0 Å². The summed E-state index contributed by atoms with van der Waals surface area (Å²) in [4.78, 5) is 4.37. The molecule has 0 saturated carbocycles. The van der Waals surface area contributed by atoms with Crippen LogP contribution < -0.4 is 4.90 Å². The highest BCUT2D eigenvalue weighted by Gasteiger charge is 2.22. The Bertz CT molecular complexity index is 411. The van der Waals surface area contributed by atoms with E-state index in [9.17, 15) is 9.50 Å². The second-order valence-electron chi connectivity index (χ2n) is 5.19. The molecule has 1 aliphatic heterocycles. The Hall–Kier alpha value is -1.13. The van der Waals surface area contributed by atoms with Crippen LogP contribution in [0.3, 0.4) is 0 Å². The van der Waals surface area contributed by atoms with Crippen molar-refractivity contribution in [2.75, 3.05) is 38.6 Å². The molecule has 18 heavy (non-hydrogen) atoms. The molecule has 3 nitrogen and oxygen atoms in total. The van der Waals surface area contributed by atoms with Gasteiger partial charge in [-0.05, 0) is 38.1 Å². The summed E-state index contributed by atoms with van der Waals surface area (Å²) in [5.41, 5.74) is 1.19. The minimum Gasteiger partial charge on any atom is -0.391 e. The molecule has 0 aromatic heterocycles. The average Bonchev–Trinajstić information content (AvgIpc) is 2.74. The summed E-state index contributed by atoms with van der Waals surface area (Å²) in [6.07, 6.45) is 1.19. The van der Waals surface area contributed by atoms with E-state index in [1.165, 1.54) is 12.5 Å². The number of halogens is 1. The molecular formula is C14H21FN2O. The second kappa shape index (κ2) is 5.67. The number of aliphatic hydroxyl groups excluding tert-OH is 1. The van der Waals surface area contributed by atoms with Gasteiger partial charge in [-0.15, -0.1) is 0 Å². The summed E-state index contributed by atoms with van der Waals surface area (Å²) in [6, 6.07) is 4.96. The van der Waals surface area contributed by atoms with Crippen LogP contribution in [0.4, 0.5) is 10.1 Å². The summed E-state index contributed by atoms with van der Waals surface area (Å²) < 4.78 is 13.6. The van der Waals surface area contributed by atoms with Crippen molar-refractivity contribution < 1.29 is 9.50 Å². The van der Waals surface area contributed by atoms with Gasteiger partial charge >= 0.3 is 0 Å². The smallest absolute Gasteiger partial charge is 0.130 e. The second-order valence-corrected chi connectivity index (χ2v) is 5.19. The molecule has 1 fully saturated rings. The summed E-state index contributed by atoms with van der Waals surface area (Å²) in [7, 11) is 4.09. The van der Waals surface area contributed by atoms with Crippen LogP contribution in [-0.4, -0.2) is 43.7 Å². The number of nitrogens with zero attached hydrogens (tertiary/aromatic N) is 2. The lowest BCUT2D eigenvalue weighted by Crippen LogP contribution is -2.28. The molecule has 1 N–H and O–H groups in total. The van der Waals surface area contributed by atoms with E-state index in [0.717, 1.165) is 25.3 Å². The Morgan fingerprint density at radius 2 is 2.28 bits per heavy atom. The minimum atomic E-state index is -0.328. The number of anilines is 1.